The van der Waals surface area contributed by atoms with E-state index in [1.165, 1.54) is 6.07 Å². The lowest BCUT2D eigenvalue weighted by atomic mass is 9.96. The van der Waals surface area contributed by atoms with Crippen LogP contribution in [0.5, 0.6) is 0 Å². The topological polar surface area (TPSA) is 42.3 Å². The Morgan fingerprint density at radius 2 is 2.11 bits per heavy atom. The van der Waals surface area contributed by atoms with Crippen molar-refractivity contribution in [3.63, 3.8) is 0 Å². The number of hydrogen-bond donors (Lipinski definition) is 0. The number of rotatable bonds is 1. The molecule has 1 heterocycles. The highest BCUT2D eigenvalue weighted by Crippen LogP contribution is 2.35. The smallest absolute Gasteiger partial charge is 0.144 e. The van der Waals surface area contributed by atoms with Gasteiger partial charge in [0.15, 0.2) is 0 Å². The molecule has 1 atom stereocenters. The van der Waals surface area contributed by atoms with Crippen LogP contribution in [-0.4, -0.2) is 4.98 Å². The fourth-order valence-corrected chi connectivity index (χ4v) is 2.55. The summed E-state index contributed by atoms with van der Waals surface area (Å²) in [6.07, 6.45) is 4.64. The molecular formula is C14H11FN2O. The van der Waals surface area contributed by atoms with Crippen LogP contribution in [0.3, 0.4) is 0 Å². The second-order valence-corrected chi connectivity index (χ2v) is 4.39. The van der Waals surface area contributed by atoms with Gasteiger partial charge in [0.2, 0.25) is 0 Å². The largest absolute Gasteiger partial charge is 0.264 e. The van der Waals surface area contributed by atoms with Crippen LogP contribution in [0.2, 0.25) is 0 Å². The van der Waals surface area contributed by atoms with Crippen molar-refractivity contribution >= 4 is 0 Å². The van der Waals surface area contributed by atoms with Crippen molar-refractivity contribution in [3.8, 4) is 0 Å². The Hall–Kier alpha value is -2.10. The van der Waals surface area contributed by atoms with Crippen LogP contribution >= 0.6 is 0 Å². The molecule has 0 fully saturated rings. The summed E-state index contributed by atoms with van der Waals surface area (Å²) in [5, 5.41) is 3.17. The van der Waals surface area contributed by atoms with Crippen LogP contribution in [0, 0.1) is 10.7 Å². The molecule has 0 saturated carbocycles. The summed E-state index contributed by atoms with van der Waals surface area (Å²) in [5.74, 6) is -0.262. The van der Waals surface area contributed by atoms with Crippen molar-refractivity contribution in [1.82, 2.24) is 4.98 Å². The number of fused-ring (bicyclic) bond motifs is 2. The Kier molecular flexibility index (Phi) is 2.63. The third kappa shape index (κ3) is 1.61. The highest BCUT2D eigenvalue weighted by atomic mass is 19.1. The van der Waals surface area contributed by atoms with Crippen LogP contribution in [-0.2, 0) is 12.8 Å². The van der Waals surface area contributed by atoms with Crippen molar-refractivity contribution in [2.75, 3.05) is 0 Å². The molecule has 0 N–H and O–H groups in total. The molecule has 0 radical (unpaired) electrons. The molecule has 1 aromatic carbocycles. The van der Waals surface area contributed by atoms with Gasteiger partial charge in [-0.2, -0.15) is 0 Å². The van der Waals surface area contributed by atoms with Gasteiger partial charge in [-0.1, -0.05) is 17.3 Å². The molecule has 0 spiro atoms. The van der Waals surface area contributed by atoms with Gasteiger partial charge < -0.3 is 0 Å². The van der Waals surface area contributed by atoms with Gasteiger partial charge in [-0.05, 0) is 41.7 Å². The summed E-state index contributed by atoms with van der Waals surface area (Å²) < 4.78 is 13.8. The molecular weight excluding hydrogens is 231 g/mol. The maximum absolute atomic E-state index is 13.8. The fraction of sp³-hybridized carbons (Fsp3) is 0.214. The Morgan fingerprint density at radius 3 is 2.94 bits per heavy atom. The average Bonchev–Trinajstić information content (AvgIpc) is 2.56. The van der Waals surface area contributed by atoms with Crippen molar-refractivity contribution in [2.24, 2.45) is 5.18 Å². The lowest BCUT2D eigenvalue weighted by Gasteiger charge is -2.12. The molecule has 0 amide bonds. The first kappa shape index (κ1) is 11.0. The lowest BCUT2D eigenvalue weighted by Crippen LogP contribution is -2.02. The summed E-state index contributed by atoms with van der Waals surface area (Å²) >= 11 is 0. The van der Waals surface area contributed by atoms with Crippen molar-refractivity contribution in [1.29, 1.82) is 0 Å². The lowest BCUT2D eigenvalue weighted by molar-refractivity contribution is 0.605. The number of nitroso groups, excluding NO2 is 1. The van der Waals surface area contributed by atoms with E-state index in [0.717, 1.165) is 11.1 Å². The van der Waals surface area contributed by atoms with E-state index in [2.05, 4.69) is 10.2 Å². The van der Waals surface area contributed by atoms with Gasteiger partial charge in [-0.15, -0.1) is 4.91 Å². The van der Waals surface area contributed by atoms with E-state index < -0.39 is 6.04 Å². The predicted molar refractivity (Wildman–Crippen MR) is 65.7 cm³/mol. The van der Waals surface area contributed by atoms with E-state index in [0.29, 0.717) is 24.0 Å². The van der Waals surface area contributed by atoms with Gasteiger partial charge in [0.1, 0.15) is 11.9 Å². The molecule has 1 unspecified atom stereocenters. The quantitative estimate of drug-likeness (QED) is 0.721. The second-order valence-electron chi connectivity index (χ2n) is 4.39. The maximum Gasteiger partial charge on any atom is 0.144 e. The number of aryl methyl sites for hydroxylation is 1. The summed E-state index contributed by atoms with van der Waals surface area (Å²) in [4.78, 5) is 15.2. The van der Waals surface area contributed by atoms with Crippen LogP contribution in [0.25, 0.3) is 0 Å². The minimum absolute atomic E-state index is 0.262. The van der Waals surface area contributed by atoms with E-state index in [4.69, 9.17) is 0 Å². The molecule has 0 aliphatic heterocycles. The summed E-state index contributed by atoms with van der Waals surface area (Å²) in [5.41, 5.74) is 3.07. The molecule has 1 aliphatic rings. The standard InChI is InChI=1S/C14H11FN2O/c15-13-3-1-2-11-10(13)5-4-9-6-7-16-8-12(9)14(11)17-18/h1-3,6-8,14H,4-5H2. The molecule has 0 bridgehead atoms. The van der Waals surface area contributed by atoms with Gasteiger partial charge in [0.25, 0.3) is 0 Å². The molecule has 3 nitrogen and oxygen atoms in total. The fourth-order valence-electron chi connectivity index (χ4n) is 2.55. The number of pyridine rings is 1. The van der Waals surface area contributed by atoms with Crippen LogP contribution in [0.1, 0.15) is 28.3 Å². The first-order valence-electron chi connectivity index (χ1n) is 5.84. The third-order valence-corrected chi connectivity index (χ3v) is 3.44. The summed E-state index contributed by atoms with van der Waals surface area (Å²) in [7, 11) is 0. The molecule has 2 aromatic rings. The van der Waals surface area contributed by atoms with Crippen molar-refractivity contribution in [3.05, 3.63) is 69.6 Å². The third-order valence-electron chi connectivity index (χ3n) is 3.44. The van der Waals surface area contributed by atoms with E-state index in [9.17, 15) is 9.30 Å². The molecule has 1 aliphatic carbocycles. The number of hydrogen-bond acceptors (Lipinski definition) is 3. The summed E-state index contributed by atoms with van der Waals surface area (Å²) in [6.45, 7) is 0. The highest BCUT2D eigenvalue weighted by molar-refractivity contribution is 5.43. The average molecular weight is 242 g/mol. The number of aromatic nitrogens is 1. The Labute approximate surface area is 104 Å². The van der Waals surface area contributed by atoms with Crippen molar-refractivity contribution in [2.45, 2.75) is 18.9 Å². The minimum atomic E-state index is -0.651. The molecule has 3 rings (SSSR count). The van der Waals surface area contributed by atoms with Crippen LogP contribution in [0.4, 0.5) is 4.39 Å². The van der Waals surface area contributed by atoms with E-state index in [-0.39, 0.29) is 5.82 Å². The number of halogens is 1. The SMILES string of the molecule is O=NC1c2cnccc2CCc2c(F)cccc21. The Balaban J connectivity index is 2.24. The van der Waals surface area contributed by atoms with Crippen molar-refractivity contribution < 1.29 is 4.39 Å². The number of benzene rings is 1. The zero-order valence-corrected chi connectivity index (χ0v) is 9.64. The van der Waals surface area contributed by atoms with Crippen LogP contribution < -0.4 is 0 Å². The van der Waals surface area contributed by atoms with E-state index in [1.807, 2.05) is 6.07 Å². The van der Waals surface area contributed by atoms with Gasteiger partial charge >= 0.3 is 0 Å². The van der Waals surface area contributed by atoms with Crippen LogP contribution in [0.15, 0.2) is 41.8 Å². The highest BCUT2D eigenvalue weighted by Gasteiger charge is 2.26. The second kappa shape index (κ2) is 4.29. The molecule has 1 aromatic heterocycles. The zero-order chi connectivity index (χ0) is 12.5. The predicted octanol–water partition coefficient (Wildman–Crippen LogP) is 3.18. The first-order valence-corrected chi connectivity index (χ1v) is 5.84. The van der Waals surface area contributed by atoms with E-state index in [1.54, 1.807) is 24.5 Å². The zero-order valence-electron chi connectivity index (χ0n) is 9.64. The Bertz CT molecular complexity index is 612. The van der Waals surface area contributed by atoms with Gasteiger partial charge in [0.05, 0.1) is 0 Å². The summed E-state index contributed by atoms with van der Waals surface area (Å²) in [6, 6.07) is 6.04. The maximum atomic E-state index is 13.8. The minimum Gasteiger partial charge on any atom is -0.264 e. The van der Waals surface area contributed by atoms with Gasteiger partial charge in [0, 0.05) is 18.0 Å². The van der Waals surface area contributed by atoms with Gasteiger partial charge in [-0.25, -0.2) is 4.39 Å². The molecule has 18 heavy (non-hydrogen) atoms. The molecule has 90 valence electrons. The van der Waals surface area contributed by atoms with E-state index >= 15 is 0 Å². The molecule has 4 heteroatoms. The first-order chi connectivity index (χ1) is 8.81. The normalized spacial score (nSPS) is 17.5. The Morgan fingerprint density at radius 1 is 1.22 bits per heavy atom. The monoisotopic (exact) mass is 242 g/mol. The number of nitrogens with zero attached hydrogens (tertiary/aromatic N) is 2. The molecule has 0 saturated heterocycles. The van der Waals surface area contributed by atoms with Gasteiger partial charge in [-0.3, -0.25) is 4.98 Å².